The summed E-state index contributed by atoms with van der Waals surface area (Å²) in [5.74, 6) is 1.37. The van der Waals surface area contributed by atoms with Crippen LogP contribution < -0.4 is 14.2 Å². The molecule has 0 atom stereocenters. The first-order valence-corrected chi connectivity index (χ1v) is 11.1. The molecule has 186 valence electrons. The molecule has 0 bridgehead atoms. The molecule has 2 rings (SSSR count). The number of aryl methyl sites for hydroxylation is 2. The lowest BCUT2D eigenvalue weighted by Crippen LogP contribution is -2.11. The summed E-state index contributed by atoms with van der Waals surface area (Å²) in [6, 6.07) is 7.72. The first-order valence-electron chi connectivity index (χ1n) is 11.1. The molecule has 0 radical (unpaired) electrons. The van der Waals surface area contributed by atoms with Crippen molar-refractivity contribution < 1.29 is 32.2 Å². The average molecular weight is 480 g/mol. The van der Waals surface area contributed by atoms with E-state index in [0.717, 1.165) is 28.7 Å². The normalized spacial score (nSPS) is 12.2. The van der Waals surface area contributed by atoms with Crippen LogP contribution in [0.2, 0.25) is 0 Å². The second-order valence-electron chi connectivity index (χ2n) is 7.74. The van der Waals surface area contributed by atoms with Gasteiger partial charge in [-0.2, -0.15) is 13.2 Å². The Labute approximate surface area is 199 Å². The molecule has 0 aromatic heterocycles. The first kappa shape index (κ1) is 27.1. The summed E-state index contributed by atoms with van der Waals surface area (Å²) in [7, 11) is 1.34. The molecule has 0 spiro atoms. The maximum absolute atomic E-state index is 13.5. The number of alkyl halides is 3. The van der Waals surface area contributed by atoms with Gasteiger partial charge in [-0.05, 0) is 87.6 Å². The molecular weight excluding hydrogens is 447 g/mol. The largest absolute Gasteiger partial charge is 0.493 e. The number of hydrogen-bond acceptors (Lipinski definition) is 5. The highest BCUT2D eigenvalue weighted by Gasteiger charge is 2.35. The number of oxime groups is 1. The predicted octanol–water partition coefficient (Wildman–Crippen LogP) is 6.89. The zero-order valence-electron chi connectivity index (χ0n) is 20.3. The third kappa shape index (κ3) is 8.01. The number of unbranched alkanes of at least 4 members (excludes halogenated alkanes) is 1. The molecule has 2 aromatic rings. The highest BCUT2D eigenvalue weighted by molar-refractivity contribution is 5.98. The van der Waals surface area contributed by atoms with Gasteiger partial charge < -0.3 is 19.0 Å². The summed E-state index contributed by atoms with van der Waals surface area (Å²) >= 11 is 0. The van der Waals surface area contributed by atoms with Gasteiger partial charge >= 0.3 is 6.18 Å². The van der Waals surface area contributed by atoms with Crippen molar-refractivity contribution in [1.82, 2.24) is 0 Å². The molecule has 0 aliphatic carbocycles. The summed E-state index contributed by atoms with van der Waals surface area (Å²) in [6.45, 7) is 8.51. The maximum atomic E-state index is 13.5. The van der Waals surface area contributed by atoms with Gasteiger partial charge in [0.25, 0.3) is 0 Å². The Hall–Kier alpha value is -3.16. The molecule has 0 amide bonds. The van der Waals surface area contributed by atoms with E-state index in [-0.39, 0.29) is 12.4 Å². The zero-order chi connectivity index (χ0) is 25.1. The van der Waals surface area contributed by atoms with Crippen molar-refractivity contribution in [2.45, 2.75) is 46.7 Å². The average Bonchev–Trinajstić information content (AvgIpc) is 2.77. The minimum Gasteiger partial charge on any atom is -0.493 e. The van der Waals surface area contributed by atoms with Crippen LogP contribution in [0.25, 0.3) is 0 Å². The Morgan fingerprint density at radius 2 is 1.62 bits per heavy atom. The van der Waals surface area contributed by atoms with E-state index in [1.165, 1.54) is 19.2 Å². The van der Waals surface area contributed by atoms with Gasteiger partial charge in [0.05, 0.1) is 24.5 Å². The summed E-state index contributed by atoms with van der Waals surface area (Å²) in [6.07, 6.45) is 0.501. The van der Waals surface area contributed by atoms with Crippen LogP contribution >= 0.6 is 0 Å². The highest BCUT2D eigenvalue weighted by Crippen LogP contribution is 2.37. The van der Waals surface area contributed by atoms with Crippen molar-refractivity contribution in [3.05, 3.63) is 64.7 Å². The molecule has 0 aliphatic heterocycles. The van der Waals surface area contributed by atoms with E-state index >= 15 is 0 Å². The van der Waals surface area contributed by atoms with Crippen molar-refractivity contribution in [3.8, 4) is 17.2 Å². The molecule has 0 aliphatic rings. The van der Waals surface area contributed by atoms with E-state index in [4.69, 9.17) is 14.2 Å². The van der Waals surface area contributed by atoms with Gasteiger partial charge in [0, 0.05) is 0 Å². The number of allylic oxidation sites excluding steroid dienone is 1. The van der Waals surface area contributed by atoms with Crippen LogP contribution in [0.4, 0.5) is 13.2 Å². The summed E-state index contributed by atoms with van der Waals surface area (Å²) in [5, 5.41) is 3.69. The van der Waals surface area contributed by atoms with Gasteiger partial charge in [0.1, 0.15) is 31.0 Å². The monoisotopic (exact) mass is 479 g/mol. The second kappa shape index (κ2) is 12.9. The summed E-state index contributed by atoms with van der Waals surface area (Å²) in [5.41, 5.74) is 1.76. The topological polar surface area (TPSA) is 49.3 Å². The molecular formula is C26H32F3NO4. The number of hydrogen-bond donors (Lipinski definition) is 0. The molecule has 5 nitrogen and oxygen atoms in total. The second-order valence-corrected chi connectivity index (χ2v) is 7.74. The zero-order valence-corrected chi connectivity index (χ0v) is 20.3. The number of rotatable bonds is 12. The SMILES string of the molecule is C/C=C/COc1cc(C)c(OCCCCOc2ccc(C(C)=NOC)cc2C(F)(F)F)c(C)c1. The van der Waals surface area contributed by atoms with Crippen LogP contribution in [0.15, 0.2) is 47.6 Å². The minimum absolute atomic E-state index is 0.145. The lowest BCUT2D eigenvalue weighted by atomic mass is 10.1. The Balaban J connectivity index is 1.89. The number of halogens is 3. The molecule has 34 heavy (non-hydrogen) atoms. The Morgan fingerprint density at radius 3 is 2.21 bits per heavy atom. The highest BCUT2D eigenvalue weighted by atomic mass is 19.4. The number of benzene rings is 2. The molecule has 2 aromatic carbocycles. The Bertz CT molecular complexity index is 977. The van der Waals surface area contributed by atoms with E-state index in [1.54, 1.807) is 6.92 Å². The van der Waals surface area contributed by atoms with E-state index in [2.05, 4.69) is 9.99 Å². The first-order chi connectivity index (χ1) is 16.2. The number of ether oxygens (including phenoxy) is 3. The van der Waals surface area contributed by atoms with E-state index in [9.17, 15) is 13.2 Å². The summed E-state index contributed by atoms with van der Waals surface area (Å²) < 4.78 is 57.6. The van der Waals surface area contributed by atoms with Gasteiger partial charge in [0.15, 0.2) is 0 Å². The van der Waals surface area contributed by atoms with Gasteiger partial charge in [0.2, 0.25) is 0 Å². The van der Waals surface area contributed by atoms with E-state index < -0.39 is 11.7 Å². The standard InChI is InChI=1S/C26H32F3NO4/c1-6-7-12-32-22-15-18(2)25(19(3)16-22)34-14-9-8-13-33-24-11-10-21(20(4)30-31-5)17-23(24)26(27,28)29/h6-7,10-11,15-17H,8-9,12-14H2,1-5H3/b7-6+,30-20?. The van der Waals surface area contributed by atoms with Crippen molar-refractivity contribution in [3.63, 3.8) is 0 Å². The van der Waals surface area contributed by atoms with Crippen molar-refractivity contribution in [2.24, 2.45) is 5.16 Å². The maximum Gasteiger partial charge on any atom is 0.419 e. The fraction of sp³-hybridized carbons (Fsp3) is 0.423. The third-order valence-electron chi connectivity index (χ3n) is 4.99. The van der Waals surface area contributed by atoms with Crippen molar-refractivity contribution >= 4 is 5.71 Å². The van der Waals surface area contributed by atoms with Crippen molar-refractivity contribution in [1.29, 1.82) is 0 Å². The molecule has 0 saturated carbocycles. The lowest BCUT2D eigenvalue weighted by Gasteiger charge is -2.16. The van der Waals surface area contributed by atoms with E-state index in [0.29, 0.717) is 37.3 Å². The van der Waals surface area contributed by atoms with Gasteiger partial charge in [-0.3, -0.25) is 0 Å². The minimum atomic E-state index is -4.54. The van der Waals surface area contributed by atoms with Crippen LogP contribution in [-0.4, -0.2) is 32.6 Å². The van der Waals surface area contributed by atoms with E-state index in [1.807, 2.05) is 45.1 Å². The van der Waals surface area contributed by atoms with Gasteiger partial charge in [-0.1, -0.05) is 17.3 Å². The fourth-order valence-electron chi connectivity index (χ4n) is 3.31. The molecule has 0 fully saturated rings. The molecule has 0 N–H and O–H groups in total. The smallest absolute Gasteiger partial charge is 0.419 e. The lowest BCUT2D eigenvalue weighted by molar-refractivity contribution is -0.139. The van der Waals surface area contributed by atoms with Crippen molar-refractivity contribution in [2.75, 3.05) is 26.9 Å². The molecule has 0 saturated heterocycles. The Morgan fingerprint density at radius 1 is 0.971 bits per heavy atom. The number of nitrogens with zero attached hydrogens (tertiary/aromatic N) is 1. The predicted molar refractivity (Wildman–Crippen MR) is 127 cm³/mol. The quantitative estimate of drug-likeness (QED) is 0.144. The molecule has 0 heterocycles. The van der Waals surface area contributed by atoms with Gasteiger partial charge in [-0.15, -0.1) is 0 Å². The van der Waals surface area contributed by atoms with Crippen LogP contribution in [0.1, 0.15) is 48.9 Å². The third-order valence-corrected chi connectivity index (χ3v) is 4.99. The Kier molecular flexibility index (Phi) is 10.3. The van der Waals surface area contributed by atoms with Crippen LogP contribution in [-0.2, 0) is 11.0 Å². The van der Waals surface area contributed by atoms with Gasteiger partial charge in [-0.25, -0.2) is 0 Å². The summed E-state index contributed by atoms with van der Waals surface area (Å²) in [4.78, 5) is 4.64. The van der Waals surface area contributed by atoms with Crippen LogP contribution in [0, 0.1) is 13.8 Å². The molecule has 8 heteroatoms. The molecule has 0 unspecified atom stereocenters. The van der Waals surface area contributed by atoms with Crippen LogP contribution in [0.5, 0.6) is 17.2 Å². The fourth-order valence-corrected chi connectivity index (χ4v) is 3.31. The van der Waals surface area contributed by atoms with Crippen LogP contribution in [0.3, 0.4) is 0 Å².